The van der Waals surface area contributed by atoms with Crippen LogP contribution in [0.1, 0.15) is 23.7 Å². The van der Waals surface area contributed by atoms with E-state index in [1.54, 1.807) is 12.1 Å². The van der Waals surface area contributed by atoms with E-state index >= 15 is 0 Å². The summed E-state index contributed by atoms with van der Waals surface area (Å²) >= 11 is 12.3. The van der Waals surface area contributed by atoms with Crippen LogP contribution in [0.25, 0.3) is 11.0 Å². The molecule has 0 amide bonds. The SMILES string of the molecule is Cc1ncnc2c1ccn2[C@@H]1C[C@H](Oc2ccc(Cl)c(Cl)c2CN)[C@@H](O)[C@H]1O. The minimum Gasteiger partial charge on any atom is -0.487 e. The Morgan fingerprint density at radius 1 is 1.21 bits per heavy atom. The van der Waals surface area contributed by atoms with Crippen molar-refractivity contribution in [2.75, 3.05) is 0 Å². The fourth-order valence-electron chi connectivity index (χ4n) is 3.76. The third-order valence-corrected chi connectivity index (χ3v) is 6.14. The zero-order valence-electron chi connectivity index (χ0n) is 15.1. The molecule has 1 fully saturated rings. The minimum atomic E-state index is -1.08. The second-order valence-electron chi connectivity index (χ2n) is 6.90. The lowest BCUT2D eigenvalue weighted by molar-refractivity contribution is -0.0165. The lowest BCUT2D eigenvalue weighted by Gasteiger charge is -2.20. The number of rotatable bonds is 4. The van der Waals surface area contributed by atoms with Gasteiger partial charge in [-0.05, 0) is 25.1 Å². The number of aliphatic hydroxyl groups is 2. The van der Waals surface area contributed by atoms with E-state index in [0.29, 0.717) is 33.4 Å². The van der Waals surface area contributed by atoms with E-state index in [9.17, 15) is 10.2 Å². The number of nitrogens with two attached hydrogens (primary N) is 1. The summed E-state index contributed by atoms with van der Waals surface area (Å²) in [5.74, 6) is 0.448. The predicted molar refractivity (Wildman–Crippen MR) is 107 cm³/mol. The summed E-state index contributed by atoms with van der Waals surface area (Å²) < 4.78 is 7.86. The maximum Gasteiger partial charge on any atom is 0.143 e. The van der Waals surface area contributed by atoms with Crippen LogP contribution < -0.4 is 10.5 Å². The number of aromatic nitrogens is 3. The first-order valence-electron chi connectivity index (χ1n) is 8.90. The number of ether oxygens (including phenoxy) is 1. The van der Waals surface area contributed by atoms with E-state index in [4.69, 9.17) is 33.7 Å². The fraction of sp³-hybridized carbons (Fsp3) is 0.368. The molecule has 28 heavy (non-hydrogen) atoms. The van der Waals surface area contributed by atoms with Crippen molar-refractivity contribution in [1.29, 1.82) is 0 Å². The molecule has 0 bridgehead atoms. The predicted octanol–water partition coefficient (Wildman–Crippen LogP) is 2.62. The molecular formula is C19H20Cl2N4O3. The second-order valence-corrected chi connectivity index (χ2v) is 7.69. The Morgan fingerprint density at radius 2 is 2.00 bits per heavy atom. The first-order chi connectivity index (χ1) is 13.4. The third-order valence-electron chi connectivity index (χ3n) is 5.30. The van der Waals surface area contributed by atoms with Crippen LogP contribution in [0.3, 0.4) is 0 Å². The van der Waals surface area contributed by atoms with Crippen molar-refractivity contribution >= 4 is 34.2 Å². The summed E-state index contributed by atoms with van der Waals surface area (Å²) in [6.07, 6.45) is 0.996. The molecule has 2 aromatic heterocycles. The van der Waals surface area contributed by atoms with Gasteiger partial charge < -0.3 is 25.3 Å². The molecule has 4 atom stereocenters. The monoisotopic (exact) mass is 422 g/mol. The van der Waals surface area contributed by atoms with Gasteiger partial charge in [0.05, 0.1) is 21.8 Å². The lowest BCUT2D eigenvalue weighted by atomic mass is 10.2. The molecule has 2 heterocycles. The molecule has 3 aromatic rings. The maximum absolute atomic E-state index is 10.7. The number of aryl methyl sites for hydroxylation is 1. The first-order valence-corrected chi connectivity index (χ1v) is 9.65. The molecule has 4 rings (SSSR count). The number of aliphatic hydroxyl groups excluding tert-OH is 2. The van der Waals surface area contributed by atoms with Gasteiger partial charge in [0, 0.05) is 30.1 Å². The summed E-state index contributed by atoms with van der Waals surface area (Å²) in [4.78, 5) is 8.52. The number of nitrogens with zero attached hydrogens (tertiary/aromatic N) is 3. The summed E-state index contributed by atoms with van der Waals surface area (Å²) in [5.41, 5.74) is 7.91. The zero-order valence-corrected chi connectivity index (χ0v) is 16.6. The van der Waals surface area contributed by atoms with Crippen molar-refractivity contribution in [2.45, 2.75) is 44.2 Å². The van der Waals surface area contributed by atoms with E-state index < -0.39 is 24.4 Å². The van der Waals surface area contributed by atoms with Crippen molar-refractivity contribution in [3.05, 3.63) is 52.0 Å². The third kappa shape index (κ3) is 3.13. The Hall–Kier alpha value is -1.90. The highest BCUT2D eigenvalue weighted by molar-refractivity contribution is 6.42. The van der Waals surface area contributed by atoms with Gasteiger partial charge >= 0.3 is 0 Å². The highest BCUT2D eigenvalue weighted by atomic mass is 35.5. The van der Waals surface area contributed by atoms with Gasteiger partial charge in [-0.2, -0.15) is 0 Å². The minimum absolute atomic E-state index is 0.141. The van der Waals surface area contributed by atoms with Gasteiger partial charge in [0.15, 0.2) is 0 Å². The average Bonchev–Trinajstić information content (AvgIpc) is 3.22. The molecular weight excluding hydrogens is 403 g/mol. The number of benzene rings is 1. The van der Waals surface area contributed by atoms with E-state index in [1.165, 1.54) is 6.33 Å². The van der Waals surface area contributed by atoms with E-state index in [-0.39, 0.29) is 6.54 Å². The normalized spacial score (nSPS) is 24.8. The summed E-state index contributed by atoms with van der Waals surface area (Å²) in [5, 5.41) is 22.9. The van der Waals surface area contributed by atoms with Crippen LogP contribution in [-0.2, 0) is 6.54 Å². The largest absolute Gasteiger partial charge is 0.487 e. The molecule has 148 valence electrons. The van der Waals surface area contributed by atoms with Crippen LogP contribution in [0.15, 0.2) is 30.7 Å². The van der Waals surface area contributed by atoms with Gasteiger partial charge in [-0.1, -0.05) is 23.2 Å². The molecule has 1 saturated carbocycles. The number of halogens is 2. The van der Waals surface area contributed by atoms with Gasteiger partial charge in [-0.25, -0.2) is 9.97 Å². The Kier molecular flexibility index (Phi) is 5.20. The molecule has 9 heteroatoms. The molecule has 1 aliphatic carbocycles. The molecule has 7 nitrogen and oxygen atoms in total. The van der Waals surface area contributed by atoms with Crippen molar-refractivity contribution in [2.24, 2.45) is 5.73 Å². The van der Waals surface area contributed by atoms with Crippen LogP contribution in [-0.4, -0.2) is 43.1 Å². The summed E-state index contributed by atoms with van der Waals surface area (Å²) in [6.45, 7) is 2.04. The standard InChI is InChI=1S/C19H20Cl2N4O3/c1-9-10-4-5-25(19(10)24-8-23-9)13-6-15(18(27)17(13)26)28-14-3-2-12(20)16(21)11(14)7-22/h2-5,8,13,15,17-18,26-27H,6-7,22H2,1H3/t13-,15+,17+,18-/m1/s1. The van der Waals surface area contributed by atoms with Gasteiger partial charge in [0.2, 0.25) is 0 Å². The van der Waals surface area contributed by atoms with Crippen LogP contribution in [0.2, 0.25) is 10.0 Å². The topological polar surface area (TPSA) is 106 Å². The summed E-state index contributed by atoms with van der Waals surface area (Å²) in [7, 11) is 0. The van der Waals surface area contributed by atoms with Gasteiger partial charge in [-0.15, -0.1) is 0 Å². The molecule has 4 N–H and O–H groups in total. The maximum atomic E-state index is 10.7. The highest BCUT2D eigenvalue weighted by Gasteiger charge is 2.44. The van der Waals surface area contributed by atoms with Crippen molar-refractivity contribution in [3.8, 4) is 5.75 Å². The zero-order chi connectivity index (χ0) is 20.0. The number of fused-ring (bicyclic) bond motifs is 1. The first kappa shape index (κ1) is 19.4. The molecule has 0 saturated heterocycles. The molecule has 0 unspecified atom stereocenters. The van der Waals surface area contributed by atoms with Crippen LogP contribution in [0, 0.1) is 6.92 Å². The molecule has 1 aliphatic rings. The summed E-state index contributed by atoms with van der Waals surface area (Å²) in [6, 6.07) is 4.80. The van der Waals surface area contributed by atoms with Crippen molar-refractivity contribution in [1.82, 2.24) is 14.5 Å². The highest BCUT2D eigenvalue weighted by Crippen LogP contribution is 2.38. The van der Waals surface area contributed by atoms with E-state index in [0.717, 1.165) is 11.1 Å². The second kappa shape index (κ2) is 7.50. The van der Waals surface area contributed by atoms with Crippen LogP contribution in [0.5, 0.6) is 5.75 Å². The Bertz CT molecular complexity index is 1030. The van der Waals surface area contributed by atoms with Gasteiger partial charge in [0.25, 0.3) is 0 Å². The van der Waals surface area contributed by atoms with E-state index in [2.05, 4.69) is 9.97 Å². The van der Waals surface area contributed by atoms with Gasteiger partial charge in [-0.3, -0.25) is 0 Å². The molecule has 0 spiro atoms. The Labute approximate surface area is 171 Å². The lowest BCUT2D eigenvalue weighted by Crippen LogP contribution is -2.34. The Morgan fingerprint density at radius 3 is 2.75 bits per heavy atom. The molecule has 1 aromatic carbocycles. The van der Waals surface area contributed by atoms with Crippen LogP contribution >= 0.6 is 23.2 Å². The number of hydrogen-bond donors (Lipinski definition) is 3. The van der Waals surface area contributed by atoms with Crippen molar-refractivity contribution < 1.29 is 14.9 Å². The Balaban J connectivity index is 1.64. The van der Waals surface area contributed by atoms with Crippen molar-refractivity contribution in [3.63, 3.8) is 0 Å². The van der Waals surface area contributed by atoms with E-state index in [1.807, 2.05) is 23.8 Å². The average molecular weight is 423 g/mol. The molecule has 0 radical (unpaired) electrons. The number of hydrogen-bond acceptors (Lipinski definition) is 6. The van der Waals surface area contributed by atoms with Crippen LogP contribution in [0.4, 0.5) is 0 Å². The quantitative estimate of drug-likeness (QED) is 0.596. The molecule has 0 aliphatic heterocycles. The van der Waals surface area contributed by atoms with Gasteiger partial charge in [0.1, 0.15) is 36.0 Å². The fourth-order valence-corrected chi connectivity index (χ4v) is 4.17. The smallest absolute Gasteiger partial charge is 0.143 e.